The Bertz CT molecular complexity index is 359. The molecule has 0 radical (unpaired) electrons. The third-order valence-electron chi connectivity index (χ3n) is 3.98. The number of rotatable bonds is 5. The van der Waals surface area contributed by atoms with Gasteiger partial charge in [-0.25, -0.2) is 8.78 Å². The number of hydrogen-bond donors (Lipinski definition) is 2. The summed E-state index contributed by atoms with van der Waals surface area (Å²) in [6.45, 7) is 7.74. The highest BCUT2D eigenvalue weighted by molar-refractivity contribution is 5.85. The summed E-state index contributed by atoms with van der Waals surface area (Å²) >= 11 is 0. The Morgan fingerprint density at radius 1 is 1.41 bits per heavy atom. The van der Waals surface area contributed by atoms with Gasteiger partial charge in [0.15, 0.2) is 0 Å². The predicted octanol–water partition coefficient (Wildman–Crippen LogP) is 1.92. The van der Waals surface area contributed by atoms with Crippen LogP contribution in [0.5, 0.6) is 0 Å². The van der Waals surface area contributed by atoms with Crippen molar-refractivity contribution < 1.29 is 13.6 Å². The van der Waals surface area contributed by atoms with Gasteiger partial charge in [0.05, 0.1) is 12.6 Å². The van der Waals surface area contributed by atoms with E-state index >= 15 is 0 Å². The zero-order valence-electron chi connectivity index (χ0n) is 13.1. The number of amides is 1. The van der Waals surface area contributed by atoms with Crippen molar-refractivity contribution in [3.63, 3.8) is 0 Å². The van der Waals surface area contributed by atoms with Crippen LogP contribution in [0.3, 0.4) is 0 Å². The van der Waals surface area contributed by atoms with Gasteiger partial charge in [0.25, 0.3) is 5.92 Å². The topological polar surface area (TPSA) is 44.4 Å². The van der Waals surface area contributed by atoms with E-state index < -0.39 is 18.5 Å². The molecule has 4 nitrogen and oxygen atoms in total. The van der Waals surface area contributed by atoms with Gasteiger partial charge in [-0.3, -0.25) is 10.1 Å². The summed E-state index contributed by atoms with van der Waals surface area (Å²) in [6, 6.07) is -0.738. The summed E-state index contributed by atoms with van der Waals surface area (Å²) in [5.41, 5.74) is 0. The highest BCUT2D eigenvalue weighted by Gasteiger charge is 2.42. The summed E-state index contributed by atoms with van der Waals surface area (Å²) in [5, 5.41) is 5.40. The monoisotopic (exact) mass is 361 g/mol. The fourth-order valence-corrected chi connectivity index (χ4v) is 3.03. The summed E-state index contributed by atoms with van der Waals surface area (Å²) in [5.74, 6) is -1.94. The van der Waals surface area contributed by atoms with Crippen molar-refractivity contribution in [2.75, 3.05) is 32.7 Å². The van der Waals surface area contributed by atoms with E-state index in [-0.39, 0.29) is 37.1 Å². The van der Waals surface area contributed by atoms with Gasteiger partial charge in [-0.2, -0.15) is 0 Å². The maximum Gasteiger partial charge on any atom is 0.262 e. The van der Waals surface area contributed by atoms with Crippen molar-refractivity contribution in [2.45, 2.75) is 38.7 Å². The molecule has 0 aromatic heterocycles. The molecule has 0 bridgehead atoms. The Kier molecular flexibility index (Phi) is 9.13. The molecule has 0 aromatic rings. The molecule has 2 rings (SSSR count). The van der Waals surface area contributed by atoms with Gasteiger partial charge in [-0.1, -0.05) is 13.8 Å². The lowest BCUT2D eigenvalue weighted by Gasteiger charge is -2.18. The van der Waals surface area contributed by atoms with Crippen molar-refractivity contribution in [3.8, 4) is 0 Å². The van der Waals surface area contributed by atoms with Crippen LogP contribution in [0.25, 0.3) is 0 Å². The van der Waals surface area contributed by atoms with E-state index in [2.05, 4.69) is 29.4 Å². The molecule has 1 amide bonds. The summed E-state index contributed by atoms with van der Waals surface area (Å²) in [4.78, 5) is 14.2. The normalized spacial score (nSPS) is 27.3. The number of alkyl halides is 2. The van der Waals surface area contributed by atoms with Crippen LogP contribution in [0, 0.1) is 11.8 Å². The minimum Gasteiger partial charge on any atom is -0.354 e. The van der Waals surface area contributed by atoms with Gasteiger partial charge in [0.1, 0.15) is 0 Å². The molecule has 0 aliphatic carbocycles. The average Bonchev–Trinajstić information content (AvgIpc) is 2.92. The smallest absolute Gasteiger partial charge is 0.262 e. The Labute approximate surface area is 143 Å². The number of halogens is 4. The second kappa shape index (κ2) is 9.21. The SMILES string of the molecule is CC(C)CN1CCC(CNC(=O)C2CC(F)(F)CN2)C1.Cl.Cl. The molecule has 2 aliphatic heterocycles. The second-order valence-corrected chi connectivity index (χ2v) is 6.55. The van der Waals surface area contributed by atoms with Gasteiger partial charge in [-0.05, 0) is 24.8 Å². The number of nitrogens with one attached hydrogen (secondary N) is 2. The minimum atomic E-state index is -2.75. The number of carbonyl (C=O) groups excluding carboxylic acids is 1. The van der Waals surface area contributed by atoms with Crippen LogP contribution in [-0.2, 0) is 4.79 Å². The quantitative estimate of drug-likeness (QED) is 0.786. The van der Waals surface area contributed by atoms with Gasteiger partial charge < -0.3 is 10.2 Å². The van der Waals surface area contributed by atoms with Gasteiger partial charge in [-0.15, -0.1) is 24.8 Å². The first-order valence-electron chi connectivity index (χ1n) is 7.47. The van der Waals surface area contributed by atoms with E-state index in [1.807, 2.05) is 0 Å². The molecule has 2 unspecified atom stereocenters. The number of nitrogens with zero attached hydrogens (tertiary/aromatic N) is 1. The third-order valence-corrected chi connectivity index (χ3v) is 3.98. The summed E-state index contributed by atoms with van der Waals surface area (Å²) in [6.07, 6.45) is 0.685. The zero-order chi connectivity index (χ0) is 14.8. The second-order valence-electron chi connectivity index (χ2n) is 6.55. The molecule has 22 heavy (non-hydrogen) atoms. The highest BCUT2D eigenvalue weighted by atomic mass is 35.5. The number of hydrogen-bond acceptors (Lipinski definition) is 3. The molecule has 2 fully saturated rings. The number of likely N-dealkylation sites (tertiary alicyclic amines) is 1. The van der Waals surface area contributed by atoms with E-state index in [1.54, 1.807) is 0 Å². The fourth-order valence-electron chi connectivity index (χ4n) is 3.03. The van der Waals surface area contributed by atoms with Crippen LogP contribution in [-0.4, -0.2) is 55.5 Å². The molecule has 0 saturated carbocycles. The van der Waals surface area contributed by atoms with Gasteiger partial charge in [0, 0.05) is 26.1 Å². The van der Waals surface area contributed by atoms with Crippen LogP contribution in [0.4, 0.5) is 8.78 Å². The number of carbonyl (C=O) groups is 1. The van der Waals surface area contributed by atoms with Crippen molar-refractivity contribution in [2.24, 2.45) is 11.8 Å². The molecular formula is C14H27Cl2F2N3O. The fraction of sp³-hybridized carbons (Fsp3) is 0.929. The first kappa shape index (κ1) is 21.8. The Morgan fingerprint density at radius 2 is 2.09 bits per heavy atom. The lowest BCUT2D eigenvalue weighted by atomic mass is 10.1. The third kappa shape index (κ3) is 6.52. The lowest BCUT2D eigenvalue weighted by Crippen LogP contribution is -2.42. The van der Waals surface area contributed by atoms with Crippen LogP contribution in [0.15, 0.2) is 0 Å². The van der Waals surface area contributed by atoms with Gasteiger partial charge >= 0.3 is 0 Å². The Balaban J connectivity index is 0.00000220. The Morgan fingerprint density at radius 3 is 2.64 bits per heavy atom. The molecule has 2 atom stereocenters. The first-order valence-corrected chi connectivity index (χ1v) is 7.47. The Hall–Kier alpha value is -0.170. The minimum absolute atomic E-state index is 0. The van der Waals surface area contributed by atoms with Crippen LogP contribution in [0.2, 0.25) is 0 Å². The van der Waals surface area contributed by atoms with E-state index in [0.717, 1.165) is 26.1 Å². The van der Waals surface area contributed by atoms with Gasteiger partial charge in [0.2, 0.25) is 5.91 Å². The van der Waals surface area contributed by atoms with Crippen LogP contribution >= 0.6 is 24.8 Å². The molecule has 0 spiro atoms. The van der Waals surface area contributed by atoms with Crippen LogP contribution in [0.1, 0.15) is 26.7 Å². The van der Waals surface area contributed by atoms with Crippen LogP contribution < -0.4 is 10.6 Å². The molecule has 132 valence electrons. The van der Waals surface area contributed by atoms with E-state index in [1.165, 1.54) is 0 Å². The largest absolute Gasteiger partial charge is 0.354 e. The standard InChI is InChI=1S/C14H25F2N3O.2ClH/c1-10(2)7-19-4-3-11(8-19)6-17-13(20)12-5-14(15,16)9-18-12;;/h10-12,18H,3-9H2,1-2H3,(H,17,20);2*1H. The first-order chi connectivity index (χ1) is 9.35. The average molecular weight is 362 g/mol. The summed E-state index contributed by atoms with van der Waals surface area (Å²) < 4.78 is 26.0. The molecule has 2 heterocycles. The van der Waals surface area contributed by atoms with Crippen molar-refractivity contribution in [1.82, 2.24) is 15.5 Å². The highest BCUT2D eigenvalue weighted by Crippen LogP contribution is 2.25. The maximum absolute atomic E-state index is 13.0. The van der Waals surface area contributed by atoms with E-state index in [9.17, 15) is 13.6 Å². The molecule has 2 aliphatic rings. The maximum atomic E-state index is 13.0. The van der Waals surface area contributed by atoms with Crippen molar-refractivity contribution >= 4 is 30.7 Å². The molecular weight excluding hydrogens is 335 g/mol. The van der Waals surface area contributed by atoms with Crippen molar-refractivity contribution in [3.05, 3.63) is 0 Å². The van der Waals surface area contributed by atoms with E-state index in [0.29, 0.717) is 18.4 Å². The van der Waals surface area contributed by atoms with Crippen molar-refractivity contribution in [1.29, 1.82) is 0 Å². The molecule has 8 heteroatoms. The lowest BCUT2D eigenvalue weighted by molar-refractivity contribution is -0.123. The van der Waals surface area contributed by atoms with E-state index in [4.69, 9.17) is 0 Å². The molecule has 2 saturated heterocycles. The molecule has 2 N–H and O–H groups in total. The summed E-state index contributed by atoms with van der Waals surface area (Å²) in [7, 11) is 0. The zero-order valence-corrected chi connectivity index (χ0v) is 14.7. The molecule has 0 aromatic carbocycles. The predicted molar refractivity (Wildman–Crippen MR) is 88.2 cm³/mol.